The Morgan fingerprint density at radius 1 is 0.714 bits per heavy atom. The highest BCUT2D eigenvalue weighted by atomic mass is 32.2. The lowest BCUT2D eigenvalue weighted by Gasteiger charge is -2.09. The number of phenolic OH excluding ortho intramolecular Hbond substituents is 2. The molecule has 3 N–H and O–H groups in total. The van der Waals surface area contributed by atoms with E-state index in [1.165, 1.54) is 12.1 Å². The third kappa shape index (κ3) is 3.04. The number of hydrogen-bond donors (Lipinski definition) is 3. The van der Waals surface area contributed by atoms with Gasteiger partial charge in [-0.2, -0.15) is 8.42 Å². The van der Waals surface area contributed by atoms with Crippen LogP contribution in [0.4, 0.5) is 11.4 Å². The zero-order chi connectivity index (χ0) is 19.9. The van der Waals surface area contributed by atoms with Crippen LogP contribution in [0, 0.1) is 0 Å². The summed E-state index contributed by atoms with van der Waals surface area (Å²) in [5.74, 6) is -0.706. The molecule has 140 valence electrons. The molecule has 0 saturated carbocycles. The number of aromatic hydroxyl groups is 2. The molecular weight excluding hydrogens is 380 g/mol. The van der Waals surface area contributed by atoms with Gasteiger partial charge in [-0.3, -0.25) is 4.55 Å². The van der Waals surface area contributed by atoms with Gasteiger partial charge in [0.15, 0.2) is 0 Å². The van der Waals surface area contributed by atoms with Gasteiger partial charge in [0.25, 0.3) is 10.1 Å². The molecule has 4 rings (SSSR count). The van der Waals surface area contributed by atoms with E-state index in [-0.39, 0.29) is 22.5 Å². The number of phenols is 2. The first-order chi connectivity index (χ1) is 13.4. The summed E-state index contributed by atoms with van der Waals surface area (Å²) in [6.07, 6.45) is 0. The highest BCUT2D eigenvalue weighted by molar-refractivity contribution is 7.86. The Kier molecular flexibility index (Phi) is 4.21. The van der Waals surface area contributed by atoms with Crippen LogP contribution in [0.15, 0.2) is 81.9 Å². The first-order valence-electron chi connectivity index (χ1n) is 8.21. The molecule has 0 aliphatic rings. The minimum atomic E-state index is -4.64. The lowest BCUT2D eigenvalue weighted by Crippen LogP contribution is -1.99. The molecule has 0 saturated heterocycles. The highest BCUT2D eigenvalue weighted by Crippen LogP contribution is 2.40. The van der Waals surface area contributed by atoms with E-state index in [2.05, 4.69) is 10.2 Å². The zero-order valence-corrected chi connectivity index (χ0v) is 15.1. The Bertz CT molecular complexity index is 1360. The van der Waals surface area contributed by atoms with Gasteiger partial charge in [-0.15, -0.1) is 10.2 Å². The normalized spacial score (nSPS) is 12.2. The summed E-state index contributed by atoms with van der Waals surface area (Å²) < 4.78 is 32.8. The summed E-state index contributed by atoms with van der Waals surface area (Å²) in [6.45, 7) is 0. The minimum absolute atomic E-state index is 0.0643. The third-order valence-corrected chi connectivity index (χ3v) is 5.29. The van der Waals surface area contributed by atoms with E-state index in [1.54, 1.807) is 30.3 Å². The molecule has 0 aliphatic carbocycles. The Labute approximate surface area is 160 Å². The van der Waals surface area contributed by atoms with Crippen molar-refractivity contribution in [3.63, 3.8) is 0 Å². The van der Waals surface area contributed by atoms with Crippen molar-refractivity contribution in [2.75, 3.05) is 0 Å². The fourth-order valence-electron chi connectivity index (χ4n) is 3.12. The Morgan fingerprint density at radius 2 is 1.36 bits per heavy atom. The van der Waals surface area contributed by atoms with Crippen LogP contribution in [-0.2, 0) is 10.1 Å². The van der Waals surface area contributed by atoms with E-state index in [0.717, 1.165) is 11.5 Å². The van der Waals surface area contributed by atoms with Gasteiger partial charge in [-0.05, 0) is 11.5 Å². The molecule has 0 unspecified atom stereocenters. The zero-order valence-electron chi connectivity index (χ0n) is 14.3. The number of rotatable bonds is 3. The summed E-state index contributed by atoms with van der Waals surface area (Å²) >= 11 is 0. The van der Waals surface area contributed by atoms with E-state index in [0.29, 0.717) is 10.8 Å². The second kappa shape index (κ2) is 6.59. The quantitative estimate of drug-likeness (QED) is 0.331. The average molecular weight is 394 g/mol. The van der Waals surface area contributed by atoms with Crippen LogP contribution in [0.25, 0.3) is 21.5 Å². The van der Waals surface area contributed by atoms with E-state index in [1.807, 2.05) is 18.2 Å². The number of hydrogen-bond acceptors (Lipinski definition) is 6. The van der Waals surface area contributed by atoms with Crippen molar-refractivity contribution in [3.05, 3.63) is 66.7 Å². The summed E-state index contributed by atoms with van der Waals surface area (Å²) in [7, 11) is -4.64. The fourth-order valence-corrected chi connectivity index (χ4v) is 3.90. The van der Waals surface area contributed by atoms with E-state index in [9.17, 15) is 23.2 Å². The molecule has 4 aromatic carbocycles. The maximum Gasteiger partial charge on any atom is 0.298 e. The lowest BCUT2D eigenvalue weighted by molar-refractivity contribution is 0.446. The molecule has 0 aliphatic heterocycles. The molecule has 8 heteroatoms. The number of fused-ring (bicyclic) bond motifs is 2. The molecular formula is C20H14N2O5S. The first kappa shape index (κ1) is 17.9. The van der Waals surface area contributed by atoms with Gasteiger partial charge in [-0.1, -0.05) is 54.6 Å². The summed E-state index contributed by atoms with van der Waals surface area (Å²) in [5, 5.41) is 30.7. The molecule has 0 amide bonds. The second-order valence-corrected chi connectivity index (χ2v) is 7.48. The van der Waals surface area contributed by atoms with E-state index in [4.69, 9.17) is 0 Å². The molecule has 0 bridgehead atoms. The number of azo groups is 1. The molecule has 0 fully saturated rings. The third-order valence-electron chi connectivity index (χ3n) is 4.35. The van der Waals surface area contributed by atoms with Crippen molar-refractivity contribution < 1.29 is 23.2 Å². The molecule has 4 aromatic rings. The predicted molar refractivity (Wildman–Crippen MR) is 105 cm³/mol. The van der Waals surface area contributed by atoms with Crippen molar-refractivity contribution in [3.8, 4) is 11.5 Å². The van der Waals surface area contributed by atoms with Crippen LogP contribution in [0.2, 0.25) is 0 Å². The molecule has 0 heterocycles. The monoisotopic (exact) mass is 394 g/mol. The van der Waals surface area contributed by atoms with Gasteiger partial charge in [0.2, 0.25) is 0 Å². The summed E-state index contributed by atoms with van der Waals surface area (Å²) in [5.41, 5.74) is 0.438. The van der Waals surface area contributed by atoms with Gasteiger partial charge in [0, 0.05) is 22.2 Å². The van der Waals surface area contributed by atoms with Crippen LogP contribution in [0.3, 0.4) is 0 Å². The van der Waals surface area contributed by atoms with Gasteiger partial charge in [0.1, 0.15) is 22.1 Å². The highest BCUT2D eigenvalue weighted by Gasteiger charge is 2.21. The standard InChI is InChI=1S/C20H14N2O5S/c23-17-10-9-12-5-1-2-6-13(12)19(17)22-21-16-11-18(24)20(28(25,26)27)15-8-4-3-7-14(15)16/h1-11,23-24H,(H,25,26,27). The smallest absolute Gasteiger partial charge is 0.298 e. The van der Waals surface area contributed by atoms with Crippen LogP contribution in [0.1, 0.15) is 0 Å². The molecule has 28 heavy (non-hydrogen) atoms. The summed E-state index contributed by atoms with van der Waals surface area (Å²) in [6, 6.07) is 18.0. The molecule has 0 spiro atoms. The van der Waals surface area contributed by atoms with Gasteiger partial charge in [-0.25, -0.2) is 0 Å². The van der Waals surface area contributed by atoms with Crippen LogP contribution in [-0.4, -0.2) is 23.2 Å². The maximum atomic E-state index is 11.7. The largest absolute Gasteiger partial charge is 0.506 e. The van der Waals surface area contributed by atoms with E-state index < -0.39 is 20.8 Å². The Morgan fingerprint density at radius 3 is 2.07 bits per heavy atom. The number of nitrogens with zero attached hydrogens (tertiary/aromatic N) is 2. The SMILES string of the molecule is O=S(=O)(O)c1c(O)cc(N=Nc2c(O)ccc3ccccc23)c2ccccc12. The second-order valence-electron chi connectivity index (χ2n) is 6.12. The molecule has 0 aromatic heterocycles. The van der Waals surface area contributed by atoms with Crippen molar-refractivity contribution >= 4 is 43.0 Å². The van der Waals surface area contributed by atoms with Gasteiger partial charge >= 0.3 is 0 Å². The van der Waals surface area contributed by atoms with Crippen LogP contribution in [0.5, 0.6) is 11.5 Å². The minimum Gasteiger partial charge on any atom is -0.506 e. The van der Waals surface area contributed by atoms with Crippen molar-refractivity contribution in [1.29, 1.82) is 0 Å². The topological polar surface area (TPSA) is 120 Å². The maximum absolute atomic E-state index is 11.7. The van der Waals surface area contributed by atoms with Crippen molar-refractivity contribution in [1.82, 2.24) is 0 Å². The van der Waals surface area contributed by atoms with E-state index >= 15 is 0 Å². The van der Waals surface area contributed by atoms with Crippen LogP contribution >= 0.6 is 0 Å². The Hall–Kier alpha value is -3.49. The summed E-state index contributed by atoms with van der Waals surface area (Å²) in [4.78, 5) is -0.588. The molecule has 7 nitrogen and oxygen atoms in total. The average Bonchev–Trinajstić information content (AvgIpc) is 2.66. The predicted octanol–water partition coefficient (Wildman–Crippen LogP) is 5.07. The van der Waals surface area contributed by atoms with Gasteiger partial charge in [0.05, 0.1) is 5.69 Å². The van der Waals surface area contributed by atoms with Crippen molar-refractivity contribution in [2.24, 2.45) is 10.2 Å². The Balaban J connectivity index is 1.94. The molecule has 0 radical (unpaired) electrons. The van der Waals surface area contributed by atoms with Crippen LogP contribution < -0.4 is 0 Å². The van der Waals surface area contributed by atoms with Crippen molar-refractivity contribution in [2.45, 2.75) is 4.90 Å². The lowest BCUT2D eigenvalue weighted by atomic mass is 10.1. The fraction of sp³-hybridized carbons (Fsp3) is 0. The number of benzene rings is 4. The molecule has 0 atom stereocenters. The first-order valence-corrected chi connectivity index (χ1v) is 9.65. The van der Waals surface area contributed by atoms with Gasteiger partial charge < -0.3 is 10.2 Å².